The molecule has 0 atom stereocenters. The third kappa shape index (κ3) is 2.90. The first-order chi connectivity index (χ1) is 7.79. The summed E-state index contributed by atoms with van der Waals surface area (Å²) in [6.07, 6.45) is 7.09. The Morgan fingerprint density at radius 2 is 1.81 bits per heavy atom. The average molecular weight is 214 g/mol. The number of rotatable bonds is 3. The summed E-state index contributed by atoms with van der Waals surface area (Å²) < 4.78 is 0. The lowest BCUT2D eigenvalue weighted by atomic mass is 9.69. The molecule has 1 aromatic rings. The fourth-order valence-corrected chi connectivity index (χ4v) is 2.95. The summed E-state index contributed by atoms with van der Waals surface area (Å²) in [5.74, 6) is 1.92. The van der Waals surface area contributed by atoms with Crippen molar-refractivity contribution in [3.63, 3.8) is 0 Å². The van der Waals surface area contributed by atoms with E-state index >= 15 is 0 Å². The van der Waals surface area contributed by atoms with Gasteiger partial charge in [-0.2, -0.15) is 0 Å². The molecule has 0 unspecified atom stereocenters. The van der Waals surface area contributed by atoms with E-state index in [9.17, 15) is 0 Å². The van der Waals surface area contributed by atoms with Crippen molar-refractivity contribution in [2.75, 3.05) is 0 Å². The van der Waals surface area contributed by atoms with Gasteiger partial charge >= 0.3 is 0 Å². The van der Waals surface area contributed by atoms with Gasteiger partial charge in [0.1, 0.15) is 0 Å². The molecule has 1 heteroatoms. The zero-order chi connectivity index (χ0) is 11.4. The van der Waals surface area contributed by atoms with E-state index in [-0.39, 0.29) is 0 Å². The first kappa shape index (κ1) is 11.8. The van der Waals surface area contributed by atoms with Crippen LogP contribution in [0.15, 0.2) is 24.3 Å². The highest BCUT2D eigenvalue weighted by Gasteiger charge is 2.18. The molecule has 1 fully saturated rings. The fourth-order valence-electron chi connectivity index (χ4n) is 2.95. The monoisotopic (exact) mass is 214 g/mol. The summed E-state index contributed by atoms with van der Waals surface area (Å²) in [6, 6.07) is 8.99. The smallest absolute Gasteiger partial charge is 0.0849 e. The molecule has 0 bridgehead atoms. The molecule has 1 saturated carbocycles. The Morgan fingerprint density at radius 3 is 2.50 bits per heavy atom. The lowest BCUT2D eigenvalue weighted by molar-refractivity contribution is 0.289. The zero-order valence-electron chi connectivity index (χ0n) is 10.7. The molecule has 0 nitrogen and oxygen atoms in total. The van der Waals surface area contributed by atoms with E-state index in [0.717, 1.165) is 11.8 Å². The predicted octanol–water partition coefficient (Wildman–Crippen LogP) is 3.17. The molecule has 0 N–H and O–H groups in total. The van der Waals surface area contributed by atoms with Crippen LogP contribution in [0.1, 0.15) is 38.2 Å². The van der Waals surface area contributed by atoms with E-state index in [1.807, 2.05) is 0 Å². The third-order valence-electron chi connectivity index (χ3n) is 4.14. The summed E-state index contributed by atoms with van der Waals surface area (Å²) >= 11 is 0. The summed E-state index contributed by atoms with van der Waals surface area (Å²) in [5, 5.41) is 0. The Kier molecular flexibility index (Phi) is 4.09. The Bertz CT molecular complexity index is 324. The van der Waals surface area contributed by atoms with Gasteiger partial charge in [0.25, 0.3) is 0 Å². The molecule has 1 aliphatic carbocycles. The van der Waals surface area contributed by atoms with E-state index < -0.39 is 0 Å². The van der Waals surface area contributed by atoms with Gasteiger partial charge in [-0.1, -0.05) is 61.9 Å². The Hall–Kier alpha value is -0.715. The van der Waals surface area contributed by atoms with E-state index in [2.05, 4.69) is 38.0 Å². The molecule has 0 heterocycles. The number of hydrogen-bond donors (Lipinski definition) is 0. The van der Waals surface area contributed by atoms with Crippen LogP contribution in [0.5, 0.6) is 0 Å². The SMILES string of the molecule is CBc1ccccc1CC1CCC(C)CC1. The maximum atomic E-state index is 2.40. The van der Waals surface area contributed by atoms with Gasteiger partial charge in [0.15, 0.2) is 7.28 Å². The maximum absolute atomic E-state index is 2.40. The minimum Gasteiger partial charge on any atom is -0.0849 e. The summed E-state index contributed by atoms with van der Waals surface area (Å²) in [4.78, 5) is 0. The van der Waals surface area contributed by atoms with Gasteiger partial charge < -0.3 is 0 Å². The van der Waals surface area contributed by atoms with Crippen LogP contribution in [0.25, 0.3) is 0 Å². The fraction of sp³-hybridized carbons (Fsp3) is 0.600. The lowest BCUT2D eigenvalue weighted by Gasteiger charge is -2.26. The third-order valence-corrected chi connectivity index (χ3v) is 4.14. The van der Waals surface area contributed by atoms with Crippen molar-refractivity contribution < 1.29 is 0 Å². The van der Waals surface area contributed by atoms with Crippen LogP contribution < -0.4 is 5.46 Å². The number of hydrogen-bond acceptors (Lipinski definition) is 0. The highest BCUT2D eigenvalue weighted by atomic mass is 14.2. The van der Waals surface area contributed by atoms with Gasteiger partial charge in [-0.15, -0.1) is 0 Å². The second kappa shape index (κ2) is 5.56. The van der Waals surface area contributed by atoms with Crippen molar-refractivity contribution in [3.05, 3.63) is 29.8 Å². The van der Waals surface area contributed by atoms with E-state index in [1.165, 1.54) is 39.4 Å². The van der Waals surface area contributed by atoms with Crippen LogP contribution in [0.2, 0.25) is 6.82 Å². The second-order valence-electron chi connectivity index (χ2n) is 5.45. The van der Waals surface area contributed by atoms with Crippen LogP contribution in [0.3, 0.4) is 0 Å². The molecule has 16 heavy (non-hydrogen) atoms. The Balaban J connectivity index is 1.98. The molecule has 0 saturated heterocycles. The molecular weight excluding hydrogens is 191 g/mol. The predicted molar refractivity (Wildman–Crippen MR) is 73.9 cm³/mol. The van der Waals surface area contributed by atoms with Crippen molar-refractivity contribution in [1.82, 2.24) is 0 Å². The van der Waals surface area contributed by atoms with E-state index in [1.54, 1.807) is 11.0 Å². The van der Waals surface area contributed by atoms with Crippen molar-refractivity contribution >= 4 is 12.7 Å². The molecular formula is C15H23B. The van der Waals surface area contributed by atoms with Crippen LogP contribution in [0, 0.1) is 11.8 Å². The highest BCUT2D eigenvalue weighted by Crippen LogP contribution is 2.30. The molecule has 0 aromatic heterocycles. The van der Waals surface area contributed by atoms with Crippen molar-refractivity contribution in [2.45, 2.75) is 45.9 Å². The van der Waals surface area contributed by atoms with Crippen molar-refractivity contribution in [1.29, 1.82) is 0 Å². The van der Waals surface area contributed by atoms with Gasteiger partial charge in [0.2, 0.25) is 0 Å². The second-order valence-corrected chi connectivity index (χ2v) is 5.45. The van der Waals surface area contributed by atoms with Crippen LogP contribution in [0.4, 0.5) is 0 Å². The minimum absolute atomic E-state index is 0.948. The molecule has 0 amide bonds. The van der Waals surface area contributed by atoms with Crippen molar-refractivity contribution in [3.8, 4) is 0 Å². The van der Waals surface area contributed by atoms with Gasteiger partial charge in [-0.25, -0.2) is 0 Å². The topological polar surface area (TPSA) is 0 Å². The summed E-state index contributed by atoms with van der Waals surface area (Å²) in [5.41, 5.74) is 3.16. The highest BCUT2D eigenvalue weighted by molar-refractivity contribution is 6.52. The van der Waals surface area contributed by atoms with Crippen molar-refractivity contribution in [2.24, 2.45) is 11.8 Å². The number of benzene rings is 1. The Morgan fingerprint density at radius 1 is 1.12 bits per heavy atom. The quantitative estimate of drug-likeness (QED) is 0.678. The lowest BCUT2D eigenvalue weighted by Crippen LogP contribution is -2.21. The molecule has 1 aromatic carbocycles. The van der Waals surface area contributed by atoms with Gasteiger partial charge in [0, 0.05) is 0 Å². The average Bonchev–Trinajstić information content (AvgIpc) is 2.33. The molecule has 1 aliphatic rings. The molecule has 0 spiro atoms. The molecule has 0 radical (unpaired) electrons. The van der Waals surface area contributed by atoms with E-state index in [4.69, 9.17) is 0 Å². The van der Waals surface area contributed by atoms with Gasteiger partial charge in [0.05, 0.1) is 0 Å². The normalized spacial score (nSPS) is 25.4. The van der Waals surface area contributed by atoms with Gasteiger partial charge in [-0.3, -0.25) is 0 Å². The first-order valence-corrected chi connectivity index (χ1v) is 6.86. The van der Waals surface area contributed by atoms with Crippen LogP contribution in [-0.4, -0.2) is 7.28 Å². The standard InChI is InChI=1S/C15H23B/c1-12-7-9-13(10-8-12)11-14-5-3-4-6-15(14)16-2/h3-6,12-13,16H,7-11H2,1-2H3. The van der Waals surface area contributed by atoms with Crippen LogP contribution >= 0.6 is 0 Å². The first-order valence-electron chi connectivity index (χ1n) is 6.86. The Labute approximate surface area is 101 Å². The maximum Gasteiger partial charge on any atom is 0.154 e. The summed E-state index contributed by atoms with van der Waals surface area (Å²) in [7, 11) is 1.18. The molecule has 2 rings (SSSR count). The largest absolute Gasteiger partial charge is 0.154 e. The molecule has 0 aliphatic heterocycles. The molecule has 86 valence electrons. The van der Waals surface area contributed by atoms with Gasteiger partial charge in [-0.05, 0) is 31.1 Å². The minimum atomic E-state index is 0.948. The van der Waals surface area contributed by atoms with Crippen LogP contribution in [-0.2, 0) is 6.42 Å². The van der Waals surface area contributed by atoms with E-state index in [0.29, 0.717) is 0 Å². The zero-order valence-corrected chi connectivity index (χ0v) is 10.7. The summed E-state index contributed by atoms with van der Waals surface area (Å²) in [6.45, 7) is 4.66.